The zero-order valence-electron chi connectivity index (χ0n) is 47.7. The van der Waals surface area contributed by atoms with Crippen LogP contribution in [0.25, 0.3) is 0 Å². The maximum atomic E-state index is 12.6. The summed E-state index contributed by atoms with van der Waals surface area (Å²) in [6.45, 7) is 16.7. The molecule has 6 rings (SSSR count). The Bertz CT molecular complexity index is 3190. The van der Waals surface area contributed by atoms with Gasteiger partial charge in [-0.25, -0.2) is 9.59 Å². The lowest BCUT2D eigenvalue weighted by atomic mass is 10.0. The number of aryl methyl sites for hydroxylation is 4. The quantitative estimate of drug-likeness (QED) is 0.0129. The molecule has 0 aromatic heterocycles. The molecule has 0 saturated carbocycles. The third-order valence-electron chi connectivity index (χ3n) is 11.5. The van der Waals surface area contributed by atoms with Gasteiger partial charge in [0, 0.05) is 37.5 Å². The highest BCUT2D eigenvalue weighted by Crippen LogP contribution is 2.39. The first kappa shape index (κ1) is 75.8. The van der Waals surface area contributed by atoms with E-state index in [1.165, 1.54) is 6.08 Å². The van der Waals surface area contributed by atoms with Crippen LogP contribution >= 0.6 is 46.4 Å². The van der Waals surface area contributed by atoms with E-state index in [-0.39, 0.29) is 70.1 Å². The predicted octanol–water partition coefficient (Wildman–Crippen LogP) is 16.1. The summed E-state index contributed by atoms with van der Waals surface area (Å²) in [6, 6.07) is 22.6. The SMILES string of the molecule is C=CC=O.CCOCN(C(=O)CCl)c1c(C)cccc1CC.CCOCN(C(=O)CCl)c1c(C)cccc1CC.O=C(O)c1cc(Oc2ccc(C(F)(F)F)cc2Cl)ccc1[N+](=O)[O-].O=C(O)c1cc(Oc2ccc(C(F)(F)F)cc2Cl)ccc1[N+](=O)[O-]. The zero-order chi connectivity index (χ0) is 66.6. The number of carboxylic acids is 2. The molecule has 88 heavy (non-hydrogen) atoms. The van der Waals surface area contributed by atoms with E-state index in [0.717, 1.165) is 107 Å². The van der Waals surface area contributed by atoms with Crippen molar-refractivity contribution in [3.05, 3.63) is 197 Å². The summed E-state index contributed by atoms with van der Waals surface area (Å²) in [4.78, 5) is 78.1. The number of carboxylic acid groups (broad SMARTS) is 2. The highest BCUT2D eigenvalue weighted by molar-refractivity contribution is 6.32. The molecule has 2 N–H and O–H groups in total. The molecule has 0 aliphatic carbocycles. The third kappa shape index (κ3) is 23.1. The van der Waals surface area contributed by atoms with Crippen molar-refractivity contribution in [2.24, 2.45) is 0 Å². The molecule has 6 aromatic carbocycles. The van der Waals surface area contributed by atoms with Crippen molar-refractivity contribution in [2.75, 3.05) is 48.2 Å². The van der Waals surface area contributed by atoms with Crippen LogP contribution in [0.1, 0.15) is 81.8 Å². The summed E-state index contributed by atoms with van der Waals surface area (Å²) in [5.74, 6) is -4.00. The number of rotatable bonds is 21. The normalized spacial score (nSPS) is 10.6. The topological polar surface area (TPSA) is 255 Å². The van der Waals surface area contributed by atoms with Gasteiger partial charge in [0.2, 0.25) is 11.8 Å². The van der Waals surface area contributed by atoms with Crippen molar-refractivity contribution in [3.8, 4) is 23.0 Å². The van der Waals surface area contributed by atoms with E-state index in [0.29, 0.717) is 31.6 Å². The van der Waals surface area contributed by atoms with Gasteiger partial charge in [-0.1, -0.05) is 80.0 Å². The Balaban J connectivity index is 0.000000395. The summed E-state index contributed by atoms with van der Waals surface area (Å²) in [5.41, 5.74) is 1.76. The Hall–Kier alpha value is -8.33. The van der Waals surface area contributed by atoms with Gasteiger partial charge < -0.3 is 29.2 Å². The van der Waals surface area contributed by atoms with Gasteiger partial charge in [0.05, 0.1) is 42.4 Å². The van der Waals surface area contributed by atoms with Gasteiger partial charge in [0.15, 0.2) is 0 Å². The molecule has 0 aliphatic rings. The minimum Gasteiger partial charge on any atom is -0.477 e. The Morgan fingerprint density at radius 1 is 0.591 bits per heavy atom. The zero-order valence-corrected chi connectivity index (χ0v) is 50.7. The number of nitrogens with zero attached hydrogens (tertiary/aromatic N) is 4. The van der Waals surface area contributed by atoms with E-state index in [9.17, 15) is 65.7 Å². The summed E-state index contributed by atoms with van der Waals surface area (Å²) in [6.07, 6.45) is -5.58. The van der Waals surface area contributed by atoms with Crippen molar-refractivity contribution in [2.45, 2.75) is 66.7 Å². The molecular weight excluding hydrogens is 1260 g/mol. The molecule has 29 heteroatoms. The molecule has 0 fully saturated rings. The monoisotopic (exact) mass is 1320 g/mol. The largest absolute Gasteiger partial charge is 0.477 e. The Labute approximate surface area is 520 Å². The minimum atomic E-state index is -4.58. The highest BCUT2D eigenvalue weighted by Gasteiger charge is 2.33. The number of nitro groups is 2. The minimum absolute atomic E-state index is 0.0371. The Morgan fingerprint density at radius 2 is 0.932 bits per heavy atom. The fraction of sp³-hybridized carbons (Fsp3) is 0.271. The molecule has 0 heterocycles. The van der Waals surface area contributed by atoms with Gasteiger partial charge in [-0.2, -0.15) is 26.3 Å². The van der Waals surface area contributed by atoms with E-state index < -0.39 is 67.8 Å². The number of hydrogen-bond donors (Lipinski definition) is 2. The van der Waals surface area contributed by atoms with Gasteiger partial charge in [-0.15, -0.1) is 23.2 Å². The molecule has 474 valence electrons. The number of halogens is 10. The van der Waals surface area contributed by atoms with Crippen LogP contribution in [0.4, 0.5) is 49.1 Å². The summed E-state index contributed by atoms with van der Waals surface area (Å²) < 4.78 is 96.5. The summed E-state index contributed by atoms with van der Waals surface area (Å²) in [5, 5.41) is 38.8. The second kappa shape index (κ2) is 36.7. The van der Waals surface area contributed by atoms with Gasteiger partial charge in [0.25, 0.3) is 11.4 Å². The molecule has 0 saturated heterocycles. The molecule has 19 nitrogen and oxygen atoms in total. The van der Waals surface area contributed by atoms with Crippen molar-refractivity contribution in [1.82, 2.24) is 0 Å². The van der Waals surface area contributed by atoms with E-state index in [1.54, 1.807) is 9.80 Å². The molecule has 2 amide bonds. The van der Waals surface area contributed by atoms with E-state index in [2.05, 4.69) is 20.4 Å². The number of amides is 2. The number of carbonyl (C=O) groups is 5. The number of carbonyl (C=O) groups excluding carboxylic acids is 3. The molecule has 0 spiro atoms. The van der Waals surface area contributed by atoms with Crippen molar-refractivity contribution < 1.29 is 89.3 Å². The predicted molar refractivity (Wildman–Crippen MR) is 320 cm³/mol. The average molecular weight is 1320 g/mol. The second-order valence-corrected chi connectivity index (χ2v) is 18.7. The summed E-state index contributed by atoms with van der Waals surface area (Å²) >= 11 is 22.8. The maximum Gasteiger partial charge on any atom is 0.416 e. The van der Waals surface area contributed by atoms with Crippen molar-refractivity contribution in [3.63, 3.8) is 0 Å². The van der Waals surface area contributed by atoms with Crippen molar-refractivity contribution in [1.29, 1.82) is 0 Å². The van der Waals surface area contributed by atoms with E-state index in [1.807, 2.05) is 64.1 Å². The first-order valence-corrected chi connectivity index (χ1v) is 27.5. The molecule has 0 atom stereocenters. The first-order chi connectivity index (χ1) is 41.4. The van der Waals surface area contributed by atoms with Crippen LogP contribution in [-0.2, 0) is 49.1 Å². The lowest BCUT2D eigenvalue weighted by Crippen LogP contribution is -2.35. The molecule has 0 unspecified atom stereocenters. The maximum absolute atomic E-state index is 12.6. The Kier molecular flexibility index (Phi) is 31.6. The number of aldehydes is 1. The van der Waals surface area contributed by atoms with Crippen LogP contribution in [0.15, 0.2) is 122 Å². The van der Waals surface area contributed by atoms with Gasteiger partial charge in [0.1, 0.15) is 65.6 Å². The number of allylic oxidation sites excluding steroid dienone is 1. The fourth-order valence-electron chi connectivity index (χ4n) is 7.41. The van der Waals surface area contributed by atoms with Crippen LogP contribution in [0, 0.1) is 34.1 Å². The van der Waals surface area contributed by atoms with Gasteiger partial charge in [-0.3, -0.25) is 44.4 Å². The van der Waals surface area contributed by atoms with E-state index in [4.69, 9.17) is 80.4 Å². The molecular formula is C59H58Cl4F6N4O15. The second-order valence-electron chi connectivity index (χ2n) is 17.4. The standard InChI is InChI=1S/2C14H7ClF3NO5.2C14H20ClNO2.C3H4O/c2*15-10-5-7(14(16,17)18)1-4-12(10)24-8-2-3-11(19(22)23)9(6-8)13(20)21;2*1-4-12-8-6-7-11(3)14(12)16(10-18-5-2)13(17)9-15;1-2-3-4/h2*1-6H,(H,20,21);2*6-8H,4-5,9-10H2,1-3H3;2-3H,1H2. The van der Waals surface area contributed by atoms with Crippen LogP contribution in [0.3, 0.4) is 0 Å². The van der Waals surface area contributed by atoms with Gasteiger partial charge >= 0.3 is 24.3 Å². The third-order valence-corrected chi connectivity index (χ3v) is 12.5. The number of aromatic carboxylic acids is 2. The molecule has 0 aliphatic heterocycles. The number of ether oxygens (including phenoxy) is 4. The van der Waals surface area contributed by atoms with E-state index >= 15 is 0 Å². The lowest BCUT2D eigenvalue weighted by Gasteiger charge is -2.25. The van der Waals surface area contributed by atoms with Crippen LogP contribution in [0.5, 0.6) is 23.0 Å². The van der Waals surface area contributed by atoms with Crippen LogP contribution < -0.4 is 19.3 Å². The number of hydrogen-bond acceptors (Lipinski definition) is 13. The number of anilines is 2. The average Bonchev–Trinajstić information content (AvgIpc) is 2.21. The highest BCUT2D eigenvalue weighted by atomic mass is 35.5. The number of para-hydroxylation sites is 2. The molecule has 6 aromatic rings. The Morgan fingerprint density at radius 3 is 1.18 bits per heavy atom. The van der Waals surface area contributed by atoms with Crippen LogP contribution in [-0.4, -0.2) is 88.5 Å². The summed E-state index contributed by atoms with van der Waals surface area (Å²) in [7, 11) is 0. The number of benzene rings is 6. The first-order valence-electron chi connectivity index (χ1n) is 25.6. The smallest absolute Gasteiger partial charge is 0.416 e. The molecule has 0 radical (unpaired) electrons. The number of alkyl halides is 8. The van der Waals surface area contributed by atoms with Crippen LogP contribution in [0.2, 0.25) is 10.0 Å². The van der Waals surface area contributed by atoms with Crippen molar-refractivity contribution >= 4 is 99.2 Å². The lowest BCUT2D eigenvalue weighted by molar-refractivity contribution is -0.385. The fourth-order valence-corrected chi connectivity index (χ4v) is 8.13. The van der Waals surface area contributed by atoms with Gasteiger partial charge in [-0.05, 0) is 117 Å². The number of nitro benzene ring substituents is 2. The molecule has 0 bridgehead atoms.